The summed E-state index contributed by atoms with van der Waals surface area (Å²) in [5.41, 5.74) is -0.324. The molecule has 1 aliphatic heterocycles. The first-order valence-electron chi connectivity index (χ1n) is 5.29. The van der Waals surface area contributed by atoms with Crippen LogP contribution in [-0.4, -0.2) is 47.3 Å². The molecule has 1 saturated heterocycles. The number of aliphatic hydroxyl groups is 1. The van der Waals surface area contributed by atoms with Crippen LogP contribution in [0.1, 0.15) is 20.3 Å². The van der Waals surface area contributed by atoms with Crippen LogP contribution in [0.25, 0.3) is 0 Å². The summed E-state index contributed by atoms with van der Waals surface area (Å²) in [7, 11) is 0. The maximum absolute atomic E-state index is 11.8. The number of nitrogens with one attached hydrogen (secondary N) is 2. The molecule has 1 amide bonds. The second-order valence-electron chi connectivity index (χ2n) is 4.43. The summed E-state index contributed by atoms with van der Waals surface area (Å²) < 4.78 is 0. The van der Waals surface area contributed by atoms with Gasteiger partial charge in [-0.2, -0.15) is 11.8 Å². The molecule has 0 saturated carbocycles. The molecule has 1 fully saturated rings. The minimum absolute atomic E-state index is 0.0423. The first-order valence-corrected chi connectivity index (χ1v) is 6.45. The molecule has 1 rings (SSSR count). The van der Waals surface area contributed by atoms with E-state index in [0.29, 0.717) is 6.42 Å². The fraction of sp³-hybridized carbons (Fsp3) is 0.900. The van der Waals surface area contributed by atoms with Gasteiger partial charge < -0.3 is 15.7 Å². The summed E-state index contributed by atoms with van der Waals surface area (Å²) in [5.74, 6) is 1.95. The Morgan fingerprint density at radius 2 is 2.40 bits per heavy atom. The van der Waals surface area contributed by atoms with Crippen molar-refractivity contribution in [3.05, 3.63) is 0 Å². The number of hydrogen-bond donors (Lipinski definition) is 3. The largest absolute Gasteiger partial charge is 0.396 e. The highest BCUT2D eigenvalue weighted by Gasteiger charge is 2.26. The third-order valence-corrected chi connectivity index (χ3v) is 3.50. The molecule has 0 aromatic rings. The summed E-state index contributed by atoms with van der Waals surface area (Å²) in [4.78, 5) is 11.8. The Balaban J connectivity index is 2.39. The predicted molar refractivity (Wildman–Crippen MR) is 63.0 cm³/mol. The zero-order chi connectivity index (χ0) is 11.3. The molecule has 1 unspecified atom stereocenters. The van der Waals surface area contributed by atoms with E-state index in [1.54, 1.807) is 11.8 Å². The average molecular weight is 232 g/mol. The Kier molecular flexibility index (Phi) is 4.89. The van der Waals surface area contributed by atoms with Crippen molar-refractivity contribution in [2.75, 3.05) is 24.7 Å². The lowest BCUT2D eigenvalue weighted by atomic mass is 10.0. The van der Waals surface area contributed by atoms with Gasteiger partial charge in [0.1, 0.15) is 0 Å². The predicted octanol–water partition coefficient (Wildman–Crippen LogP) is -0.0314. The number of carbonyl (C=O) groups excluding carboxylic acids is 1. The number of hydrogen-bond acceptors (Lipinski definition) is 4. The van der Waals surface area contributed by atoms with E-state index in [0.717, 1.165) is 18.1 Å². The SMILES string of the molecule is CC(C)(CCO)NC(=O)C1CSCCN1. The zero-order valence-electron chi connectivity index (χ0n) is 9.38. The highest BCUT2D eigenvalue weighted by atomic mass is 32.2. The Hall–Kier alpha value is -0.260. The summed E-state index contributed by atoms with van der Waals surface area (Å²) in [6.07, 6.45) is 0.582. The highest BCUT2D eigenvalue weighted by molar-refractivity contribution is 7.99. The van der Waals surface area contributed by atoms with Gasteiger partial charge in [0.25, 0.3) is 0 Å². The molecule has 4 nitrogen and oxygen atoms in total. The molecule has 1 aliphatic rings. The maximum atomic E-state index is 11.8. The van der Waals surface area contributed by atoms with Crippen LogP contribution >= 0.6 is 11.8 Å². The molecule has 0 spiro atoms. The number of aliphatic hydroxyl groups excluding tert-OH is 1. The quantitative estimate of drug-likeness (QED) is 0.637. The van der Waals surface area contributed by atoms with Crippen molar-refractivity contribution in [3.63, 3.8) is 0 Å². The molecule has 0 aromatic carbocycles. The molecule has 15 heavy (non-hydrogen) atoms. The fourth-order valence-electron chi connectivity index (χ4n) is 1.50. The second kappa shape index (κ2) is 5.72. The van der Waals surface area contributed by atoms with Gasteiger partial charge >= 0.3 is 0 Å². The Bertz CT molecular complexity index is 215. The monoisotopic (exact) mass is 232 g/mol. The van der Waals surface area contributed by atoms with Gasteiger partial charge in [0, 0.05) is 30.2 Å². The van der Waals surface area contributed by atoms with Gasteiger partial charge in [-0.25, -0.2) is 0 Å². The molecule has 0 radical (unpaired) electrons. The lowest BCUT2D eigenvalue weighted by Gasteiger charge is -2.30. The summed E-state index contributed by atoms with van der Waals surface area (Å²) in [5, 5.41) is 15.0. The van der Waals surface area contributed by atoms with Crippen LogP contribution in [0.5, 0.6) is 0 Å². The molecule has 5 heteroatoms. The lowest BCUT2D eigenvalue weighted by Crippen LogP contribution is -2.54. The number of rotatable bonds is 4. The van der Waals surface area contributed by atoms with Crippen molar-refractivity contribution >= 4 is 17.7 Å². The fourth-order valence-corrected chi connectivity index (χ4v) is 2.43. The number of thioether (sulfide) groups is 1. The zero-order valence-corrected chi connectivity index (χ0v) is 10.2. The Morgan fingerprint density at radius 1 is 1.67 bits per heavy atom. The molecule has 3 N–H and O–H groups in total. The molecular weight excluding hydrogens is 212 g/mol. The summed E-state index contributed by atoms with van der Waals surface area (Å²) >= 11 is 1.80. The van der Waals surface area contributed by atoms with E-state index < -0.39 is 0 Å². The van der Waals surface area contributed by atoms with Crippen molar-refractivity contribution < 1.29 is 9.90 Å². The van der Waals surface area contributed by atoms with Crippen LogP contribution in [0.15, 0.2) is 0 Å². The van der Waals surface area contributed by atoms with Crippen LogP contribution in [0.4, 0.5) is 0 Å². The molecule has 1 atom stereocenters. The van der Waals surface area contributed by atoms with E-state index in [9.17, 15) is 4.79 Å². The van der Waals surface area contributed by atoms with Gasteiger partial charge in [-0.3, -0.25) is 4.79 Å². The van der Waals surface area contributed by atoms with Gasteiger partial charge in [-0.05, 0) is 20.3 Å². The number of carbonyl (C=O) groups is 1. The minimum atomic E-state index is -0.324. The van der Waals surface area contributed by atoms with Gasteiger partial charge in [0.2, 0.25) is 5.91 Å². The van der Waals surface area contributed by atoms with Crippen molar-refractivity contribution in [2.24, 2.45) is 0 Å². The van der Waals surface area contributed by atoms with E-state index in [1.165, 1.54) is 0 Å². The van der Waals surface area contributed by atoms with Crippen LogP contribution in [0, 0.1) is 0 Å². The van der Waals surface area contributed by atoms with Crippen molar-refractivity contribution in [2.45, 2.75) is 31.8 Å². The Labute approximate surface area is 95.2 Å². The molecule has 88 valence electrons. The average Bonchev–Trinajstić information content (AvgIpc) is 2.18. The second-order valence-corrected chi connectivity index (χ2v) is 5.58. The van der Waals surface area contributed by atoms with Gasteiger partial charge in [0.05, 0.1) is 6.04 Å². The van der Waals surface area contributed by atoms with Gasteiger partial charge in [-0.15, -0.1) is 0 Å². The normalized spacial score (nSPS) is 22.5. The highest BCUT2D eigenvalue weighted by Crippen LogP contribution is 2.11. The molecule has 1 heterocycles. The van der Waals surface area contributed by atoms with E-state index in [-0.39, 0.29) is 24.1 Å². The lowest BCUT2D eigenvalue weighted by molar-refractivity contribution is -0.124. The first kappa shape index (κ1) is 12.8. The topological polar surface area (TPSA) is 61.4 Å². The minimum Gasteiger partial charge on any atom is -0.396 e. The molecule has 0 bridgehead atoms. The molecular formula is C10H20N2O2S. The van der Waals surface area contributed by atoms with Crippen LogP contribution in [0.2, 0.25) is 0 Å². The molecule has 0 aliphatic carbocycles. The van der Waals surface area contributed by atoms with Crippen molar-refractivity contribution in [1.29, 1.82) is 0 Å². The maximum Gasteiger partial charge on any atom is 0.238 e. The van der Waals surface area contributed by atoms with Gasteiger partial charge in [0.15, 0.2) is 0 Å². The third-order valence-electron chi connectivity index (χ3n) is 2.44. The van der Waals surface area contributed by atoms with Crippen molar-refractivity contribution in [1.82, 2.24) is 10.6 Å². The van der Waals surface area contributed by atoms with Crippen LogP contribution in [-0.2, 0) is 4.79 Å². The van der Waals surface area contributed by atoms with E-state index in [4.69, 9.17) is 5.11 Å². The van der Waals surface area contributed by atoms with E-state index in [2.05, 4.69) is 10.6 Å². The first-order chi connectivity index (χ1) is 7.05. The third kappa shape index (κ3) is 4.40. The summed E-state index contributed by atoms with van der Waals surface area (Å²) in [6.45, 7) is 4.84. The van der Waals surface area contributed by atoms with E-state index >= 15 is 0 Å². The molecule has 0 aromatic heterocycles. The Morgan fingerprint density at radius 3 is 2.93 bits per heavy atom. The standard InChI is InChI=1S/C10H20N2O2S/c1-10(2,3-5-13)12-9(14)8-7-15-6-4-11-8/h8,11,13H,3-7H2,1-2H3,(H,12,14). The number of amides is 1. The van der Waals surface area contributed by atoms with Crippen molar-refractivity contribution in [3.8, 4) is 0 Å². The summed E-state index contributed by atoms with van der Waals surface area (Å²) in [6, 6.07) is -0.0817. The van der Waals surface area contributed by atoms with Crippen LogP contribution in [0.3, 0.4) is 0 Å². The van der Waals surface area contributed by atoms with E-state index in [1.807, 2.05) is 13.8 Å². The smallest absolute Gasteiger partial charge is 0.238 e. The van der Waals surface area contributed by atoms with Gasteiger partial charge in [-0.1, -0.05) is 0 Å². The van der Waals surface area contributed by atoms with Crippen LogP contribution < -0.4 is 10.6 Å².